The number of H-pyrrole nitrogens is 1. The van der Waals surface area contributed by atoms with E-state index in [9.17, 15) is 22.4 Å². The van der Waals surface area contributed by atoms with Crippen LogP contribution < -0.4 is 0 Å². The van der Waals surface area contributed by atoms with Gasteiger partial charge in [-0.1, -0.05) is 0 Å². The number of fused-ring (bicyclic) bond motifs is 1. The Morgan fingerprint density at radius 3 is 2.91 bits per heavy atom. The first-order valence-electron chi connectivity index (χ1n) is 7.35. The van der Waals surface area contributed by atoms with E-state index in [0.717, 1.165) is 0 Å². The third kappa shape index (κ3) is 3.46. The average Bonchev–Trinajstić information content (AvgIpc) is 3.09. The van der Waals surface area contributed by atoms with Gasteiger partial charge in [0.2, 0.25) is 5.91 Å². The van der Waals surface area contributed by atoms with Gasteiger partial charge in [-0.25, -0.2) is 9.37 Å². The molecule has 0 bridgehead atoms. The number of hydrogen-bond acceptors (Lipinski definition) is 2. The molecule has 124 valence electrons. The van der Waals surface area contributed by atoms with Crippen LogP contribution in [-0.4, -0.2) is 33.5 Å². The van der Waals surface area contributed by atoms with Crippen LogP contribution in [0.1, 0.15) is 37.5 Å². The average molecular weight is 329 g/mol. The molecule has 1 amide bonds. The molecule has 2 aromatic rings. The van der Waals surface area contributed by atoms with Crippen molar-refractivity contribution in [2.45, 2.75) is 37.9 Å². The molecule has 1 aromatic carbocycles. The van der Waals surface area contributed by atoms with Crippen LogP contribution in [-0.2, 0) is 4.79 Å². The lowest BCUT2D eigenvalue weighted by Gasteiger charge is -2.23. The van der Waals surface area contributed by atoms with Gasteiger partial charge in [-0.2, -0.15) is 13.2 Å². The van der Waals surface area contributed by atoms with Crippen LogP contribution >= 0.6 is 0 Å². The van der Waals surface area contributed by atoms with Crippen LogP contribution in [0.15, 0.2) is 18.2 Å². The lowest BCUT2D eigenvalue weighted by Crippen LogP contribution is -2.31. The summed E-state index contributed by atoms with van der Waals surface area (Å²) in [5.74, 6) is -0.447. The molecule has 1 fully saturated rings. The summed E-state index contributed by atoms with van der Waals surface area (Å²) in [6.45, 7) is 0.409. The molecule has 0 unspecified atom stereocenters. The van der Waals surface area contributed by atoms with Crippen molar-refractivity contribution in [3.63, 3.8) is 0 Å². The van der Waals surface area contributed by atoms with Gasteiger partial charge in [0.05, 0.1) is 23.5 Å². The Hall–Kier alpha value is -2.12. The first-order chi connectivity index (χ1) is 10.8. The summed E-state index contributed by atoms with van der Waals surface area (Å²) in [5, 5.41) is 0. The number of nitrogens with zero attached hydrogens (tertiary/aromatic N) is 2. The Morgan fingerprint density at radius 1 is 1.39 bits per heavy atom. The molecule has 1 atom stereocenters. The van der Waals surface area contributed by atoms with E-state index in [1.807, 2.05) is 0 Å². The maximum atomic E-state index is 13.2. The van der Waals surface area contributed by atoms with Crippen LogP contribution in [0.25, 0.3) is 11.0 Å². The highest BCUT2D eigenvalue weighted by Gasteiger charge is 2.34. The third-order valence-corrected chi connectivity index (χ3v) is 3.97. The molecule has 1 saturated heterocycles. The van der Waals surface area contributed by atoms with Gasteiger partial charge >= 0.3 is 6.18 Å². The van der Waals surface area contributed by atoms with Crippen molar-refractivity contribution < 1.29 is 22.4 Å². The summed E-state index contributed by atoms with van der Waals surface area (Å²) in [4.78, 5) is 20.8. The quantitative estimate of drug-likeness (QED) is 0.873. The Bertz CT molecular complexity index is 725. The number of imidazole rings is 1. The van der Waals surface area contributed by atoms with Gasteiger partial charge in [0.1, 0.15) is 11.6 Å². The lowest BCUT2D eigenvalue weighted by molar-refractivity contribution is -0.149. The number of likely N-dealkylation sites (tertiary alicyclic amines) is 1. The number of carbonyl (C=O) groups is 1. The smallest absolute Gasteiger partial charge is 0.340 e. The highest BCUT2D eigenvalue weighted by Crippen LogP contribution is 2.33. The number of hydrogen-bond donors (Lipinski definition) is 1. The van der Waals surface area contributed by atoms with Crippen molar-refractivity contribution in [2.75, 3.05) is 6.54 Å². The Balaban J connectivity index is 1.78. The van der Waals surface area contributed by atoms with E-state index in [1.54, 1.807) is 0 Å². The second kappa shape index (κ2) is 5.82. The maximum absolute atomic E-state index is 13.2. The second-order valence-electron chi connectivity index (χ2n) is 5.64. The van der Waals surface area contributed by atoms with Crippen molar-refractivity contribution in [1.29, 1.82) is 0 Å². The molecule has 23 heavy (non-hydrogen) atoms. The Kier molecular flexibility index (Phi) is 3.99. The van der Waals surface area contributed by atoms with Gasteiger partial charge in [-0.05, 0) is 31.0 Å². The number of aromatic nitrogens is 2. The molecule has 4 nitrogen and oxygen atoms in total. The van der Waals surface area contributed by atoms with Crippen LogP contribution in [0, 0.1) is 5.82 Å². The minimum atomic E-state index is -4.35. The normalized spacial score (nSPS) is 18.8. The Labute approximate surface area is 129 Å². The number of halogens is 4. The molecule has 0 spiro atoms. The molecule has 1 aromatic heterocycles. The maximum Gasteiger partial charge on any atom is 0.389 e. The SMILES string of the molecule is O=C(CCC(F)(F)F)N1CCC[C@H]1c1nc2ccc(F)cc2[nH]1. The van der Waals surface area contributed by atoms with Crippen molar-refractivity contribution in [1.82, 2.24) is 14.9 Å². The topological polar surface area (TPSA) is 49.0 Å². The third-order valence-electron chi connectivity index (χ3n) is 3.97. The fraction of sp³-hybridized carbons (Fsp3) is 0.467. The summed E-state index contributed by atoms with van der Waals surface area (Å²) >= 11 is 0. The van der Waals surface area contributed by atoms with Gasteiger partial charge < -0.3 is 9.88 Å². The predicted octanol–water partition coefficient (Wildman–Crippen LogP) is 3.71. The summed E-state index contributed by atoms with van der Waals surface area (Å²) in [6.07, 6.45) is -4.70. The zero-order chi connectivity index (χ0) is 16.6. The predicted molar refractivity (Wildman–Crippen MR) is 75.0 cm³/mol. The summed E-state index contributed by atoms with van der Waals surface area (Å²) in [5.41, 5.74) is 1.07. The summed E-state index contributed by atoms with van der Waals surface area (Å²) in [7, 11) is 0. The van der Waals surface area contributed by atoms with E-state index in [4.69, 9.17) is 0 Å². The number of rotatable bonds is 3. The minimum absolute atomic E-state index is 0.383. The van der Waals surface area contributed by atoms with Crippen molar-refractivity contribution in [3.8, 4) is 0 Å². The fourth-order valence-corrected chi connectivity index (χ4v) is 2.90. The number of aromatic amines is 1. The summed E-state index contributed by atoms with van der Waals surface area (Å²) in [6, 6.07) is 3.73. The van der Waals surface area contributed by atoms with Crippen molar-refractivity contribution >= 4 is 16.9 Å². The molecule has 2 heterocycles. The van der Waals surface area contributed by atoms with Crippen LogP contribution in [0.5, 0.6) is 0 Å². The monoisotopic (exact) mass is 329 g/mol. The van der Waals surface area contributed by atoms with Crippen molar-refractivity contribution in [2.24, 2.45) is 0 Å². The standard InChI is InChI=1S/C15H15F4N3O/c16-9-3-4-10-11(8-9)21-14(20-10)12-2-1-7-22(12)13(23)5-6-15(17,18)19/h3-4,8,12H,1-2,5-7H2,(H,20,21)/t12-/m0/s1. The molecular weight excluding hydrogens is 314 g/mol. The van der Waals surface area contributed by atoms with Gasteiger partial charge in [-0.15, -0.1) is 0 Å². The fourth-order valence-electron chi connectivity index (χ4n) is 2.90. The van der Waals surface area contributed by atoms with Crippen LogP contribution in [0.4, 0.5) is 17.6 Å². The van der Waals surface area contributed by atoms with E-state index in [-0.39, 0.29) is 6.04 Å². The van der Waals surface area contributed by atoms with Gasteiger partial charge in [0, 0.05) is 13.0 Å². The number of benzene rings is 1. The van der Waals surface area contributed by atoms with Gasteiger partial charge in [0.25, 0.3) is 0 Å². The first-order valence-corrected chi connectivity index (χ1v) is 7.35. The lowest BCUT2D eigenvalue weighted by atomic mass is 10.2. The highest BCUT2D eigenvalue weighted by atomic mass is 19.4. The zero-order valence-corrected chi connectivity index (χ0v) is 12.2. The van der Waals surface area contributed by atoms with E-state index < -0.39 is 30.7 Å². The molecule has 1 aliphatic rings. The molecule has 0 radical (unpaired) electrons. The van der Waals surface area contributed by atoms with Crippen molar-refractivity contribution in [3.05, 3.63) is 29.8 Å². The Morgan fingerprint density at radius 2 is 2.17 bits per heavy atom. The van der Waals surface area contributed by atoms with E-state index in [1.165, 1.54) is 23.1 Å². The molecule has 0 aliphatic carbocycles. The van der Waals surface area contributed by atoms with Gasteiger partial charge in [-0.3, -0.25) is 4.79 Å². The second-order valence-corrected chi connectivity index (χ2v) is 5.64. The van der Waals surface area contributed by atoms with Crippen LogP contribution in [0.3, 0.4) is 0 Å². The number of nitrogens with one attached hydrogen (secondary N) is 1. The molecule has 8 heteroatoms. The number of amides is 1. The molecule has 0 saturated carbocycles. The zero-order valence-electron chi connectivity index (χ0n) is 12.2. The largest absolute Gasteiger partial charge is 0.389 e. The minimum Gasteiger partial charge on any atom is -0.340 e. The molecular formula is C15H15F4N3O. The van der Waals surface area contributed by atoms with E-state index in [0.29, 0.717) is 36.2 Å². The molecule has 1 aliphatic heterocycles. The first kappa shape index (κ1) is 15.8. The van der Waals surface area contributed by atoms with E-state index in [2.05, 4.69) is 9.97 Å². The molecule has 1 N–H and O–H groups in total. The van der Waals surface area contributed by atoms with E-state index >= 15 is 0 Å². The number of carbonyl (C=O) groups excluding carboxylic acids is 1. The highest BCUT2D eigenvalue weighted by molar-refractivity contribution is 5.78. The van der Waals surface area contributed by atoms with Crippen LogP contribution in [0.2, 0.25) is 0 Å². The molecule has 3 rings (SSSR count). The summed E-state index contributed by atoms with van der Waals surface area (Å²) < 4.78 is 50.0. The number of alkyl halides is 3. The van der Waals surface area contributed by atoms with Gasteiger partial charge in [0.15, 0.2) is 0 Å².